The summed E-state index contributed by atoms with van der Waals surface area (Å²) < 4.78 is 32.0. The van der Waals surface area contributed by atoms with Crippen LogP contribution in [0.15, 0.2) is 41.3 Å². The smallest absolute Gasteiger partial charge is 0.214 e. The minimum absolute atomic E-state index is 0.0842. The fourth-order valence-corrected chi connectivity index (χ4v) is 7.42. The van der Waals surface area contributed by atoms with Crippen LogP contribution >= 0.6 is 0 Å². The summed E-state index contributed by atoms with van der Waals surface area (Å²) in [5, 5.41) is 2.36. The van der Waals surface area contributed by atoms with E-state index in [4.69, 9.17) is 4.74 Å². The second kappa shape index (κ2) is 7.98. The van der Waals surface area contributed by atoms with Gasteiger partial charge < -0.3 is 4.74 Å². The zero-order valence-electron chi connectivity index (χ0n) is 14.9. The van der Waals surface area contributed by atoms with E-state index in [1.807, 2.05) is 19.1 Å². The highest BCUT2D eigenvalue weighted by atomic mass is 32.2. The standard InChI is InChI=1S/C19H26NO3S2/c1-3-4-15-25(21,22)20-11-13-24(14-12-20)19-10-9-18(23-2)16-7-5-6-8-17(16)19/h5-10H,3-4,11-15H2,1-2H3/q+1. The topological polar surface area (TPSA) is 46.6 Å². The first kappa shape index (κ1) is 18.5. The van der Waals surface area contributed by atoms with Gasteiger partial charge in [-0.1, -0.05) is 31.5 Å². The lowest BCUT2D eigenvalue weighted by Crippen LogP contribution is -2.44. The molecule has 25 heavy (non-hydrogen) atoms. The van der Waals surface area contributed by atoms with Crippen molar-refractivity contribution in [1.82, 2.24) is 4.31 Å². The van der Waals surface area contributed by atoms with Crippen LogP contribution in [-0.2, 0) is 20.9 Å². The van der Waals surface area contributed by atoms with E-state index in [-0.39, 0.29) is 16.6 Å². The molecule has 1 heterocycles. The second-order valence-corrected chi connectivity index (χ2v) is 10.6. The Morgan fingerprint density at radius 2 is 1.76 bits per heavy atom. The molecule has 0 spiro atoms. The van der Waals surface area contributed by atoms with Gasteiger partial charge in [-0.15, -0.1) is 0 Å². The van der Waals surface area contributed by atoms with E-state index < -0.39 is 10.0 Å². The number of methoxy groups -OCH3 is 1. The molecule has 0 saturated carbocycles. The molecular formula is C19H26NO3S2+. The third-order valence-electron chi connectivity index (χ3n) is 4.70. The van der Waals surface area contributed by atoms with Crippen LogP contribution in [0.25, 0.3) is 10.8 Å². The number of ether oxygens (including phenoxy) is 1. The number of sulfonamides is 1. The molecular weight excluding hydrogens is 354 g/mol. The van der Waals surface area contributed by atoms with Crippen molar-refractivity contribution in [1.29, 1.82) is 0 Å². The van der Waals surface area contributed by atoms with Crippen LogP contribution in [0.2, 0.25) is 0 Å². The lowest BCUT2D eigenvalue weighted by molar-refractivity contribution is 0.419. The molecule has 1 fully saturated rings. The van der Waals surface area contributed by atoms with Gasteiger partial charge >= 0.3 is 0 Å². The lowest BCUT2D eigenvalue weighted by Gasteiger charge is -2.26. The number of benzene rings is 2. The molecule has 0 radical (unpaired) electrons. The molecule has 0 aromatic heterocycles. The maximum atomic E-state index is 12.4. The highest BCUT2D eigenvalue weighted by Gasteiger charge is 2.35. The molecule has 2 aromatic carbocycles. The van der Waals surface area contributed by atoms with E-state index in [9.17, 15) is 8.42 Å². The molecule has 1 aliphatic heterocycles. The fraction of sp³-hybridized carbons (Fsp3) is 0.474. The summed E-state index contributed by atoms with van der Waals surface area (Å²) in [5.74, 6) is 2.98. The van der Waals surface area contributed by atoms with Crippen molar-refractivity contribution in [3.05, 3.63) is 36.4 Å². The molecule has 2 aromatic rings. The van der Waals surface area contributed by atoms with E-state index in [1.54, 1.807) is 11.4 Å². The Balaban J connectivity index is 1.79. The highest BCUT2D eigenvalue weighted by molar-refractivity contribution is 7.97. The SMILES string of the molecule is CCCCS(=O)(=O)N1CC[S+](c2ccc(OC)c3ccccc23)CC1. The number of rotatable bonds is 6. The molecule has 6 heteroatoms. The number of nitrogens with zero attached hydrogens (tertiary/aromatic N) is 1. The number of unbranched alkanes of at least 4 members (excludes halogenated alkanes) is 1. The van der Waals surface area contributed by atoms with Crippen molar-refractivity contribution >= 4 is 31.7 Å². The van der Waals surface area contributed by atoms with Gasteiger partial charge in [-0.25, -0.2) is 8.42 Å². The Labute approximate surface area is 153 Å². The van der Waals surface area contributed by atoms with E-state index in [0.29, 0.717) is 13.1 Å². The third-order valence-corrected chi connectivity index (χ3v) is 8.98. The van der Waals surface area contributed by atoms with Gasteiger partial charge in [-0.2, -0.15) is 4.31 Å². The molecule has 136 valence electrons. The normalized spacial score (nSPS) is 17.0. The fourth-order valence-electron chi connectivity index (χ4n) is 3.27. The Bertz CT molecular complexity index is 828. The van der Waals surface area contributed by atoms with Crippen LogP contribution in [0.3, 0.4) is 0 Å². The minimum atomic E-state index is -3.09. The zero-order valence-corrected chi connectivity index (χ0v) is 16.5. The molecule has 3 rings (SSSR count). The summed E-state index contributed by atoms with van der Waals surface area (Å²) in [6.45, 7) is 3.29. The first-order valence-electron chi connectivity index (χ1n) is 8.78. The third kappa shape index (κ3) is 3.96. The van der Waals surface area contributed by atoms with Crippen molar-refractivity contribution in [2.24, 2.45) is 0 Å². The van der Waals surface area contributed by atoms with Crippen molar-refractivity contribution in [3.63, 3.8) is 0 Å². The van der Waals surface area contributed by atoms with Crippen molar-refractivity contribution in [2.45, 2.75) is 24.7 Å². The molecule has 0 atom stereocenters. The number of hydrogen-bond donors (Lipinski definition) is 0. The molecule has 0 amide bonds. The minimum Gasteiger partial charge on any atom is -0.496 e. The van der Waals surface area contributed by atoms with Crippen LogP contribution in [0.5, 0.6) is 5.75 Å². The Morgan fingerprint density at radius 3 is 2.40 bits per heavy atom. The van der Waals surface area contributed by atoms with Crippen LogP contribution < -0.4 is 4.74 Å². The van der Waals surface area contributed by atoms with Gasteiger partial charge in [-0.05, 0) is 24.6 Å². The van der Waals surface area contributed by atoms with Gasteiger partial charge in [0.2, 0.25) is 10.0 Å². The van der Waals surface area contributed by atoms with E-state index in [2.05, 4.69) is 24.3 Å². The quantitative estimate of drug-likeness (QED) is 0.723. The number of hydrogen-bond acceptors (Lipinski definition) is 3. The first-order chi connectivity index (χ1) is 12.1. The van der Waals surface area contributed by atoms with Gasteiger partial charge in [0.05, 0.1) is 26.0 Å². The highest BCUT2D eigenvalue weighted by Crippen LogP contribution is 2.33. The second-order valence-electron chi connectivity index (χ2n) is 6.28. The molecule has 4 nitrogen and oxygen atoms in total. The predicted octanol–water partition coefficient (Wildman–Crippen LogP) is 3.27. The Hall–Kier alpha value is -1.24. The Kier molecular flexibility index (Phi) is 5.92. The molecule has 0 N–H and O–H groups in total. The van der Waals surface area contributed by atoms with Gasteiger partial charge in [0.15, 0.2) is 4.90 Å². The largest absolute Gasteiger partial charge is 0.496 e. The van der Waals surface area contributed by atoms with E-state index >= 15 is 0 Å². The van der Waals surface area contributed by atoms with Crippen LogP contribution in [0, 0.1) is 0 Å². The summed E-state index contributed by atoms with van der Waals surface area (Å²) >= 11 is 0. The van der Waals surface area contributed by atoms with E-state index in [1.165, 1.54) is 10.3 Å². The van der Waals surface area contributed by atoms with Gasteiger partial charge in [0.1, 0.15) is 17.3 Å². The molecule has 0 unspecified atom stereocenters. The summed E-state index contributed by atoms with van der Waals surface area (Å²) in [6, 6.07) is 12.5. The summed E-state index contributed by atoms with van der Waals surface area (Å²) in [7, 11) is -1.30. The average Bonchev–Trinajstić information content (AvgIpc) is 2.65. The summed E-state index contributed by atoms with van der Waals surface area (Å²) in [6.07, 6.45) is 1.66. The monoisotopic (exact) mass is 380 g/mol. The molecule has 0 bridgehead atoms. The van der Waals surface area contributed by atoms with Gasteiger partial charge in [0.25, 0.3) is 0 Å². The van der Waals surface area contributed by atoms with E-state index in [0.717, 1.165) is 35.5 Å². The van der Waals surface area contributed by atoms with Crippen LogP contribution in [0.4, 0.5) is 0 Å². The van der Waals surface area contributed by atoms with Crippen LogP contribution in [-0.4, -0.2) is 50.2 Å². The predicted molar refractivity (Wildman–Crippen MR) is 106 cm³/mol. The summed E-state index contributed by atoms with van der Waals surface area (Å²) in [4.78, 5) is 1.34. The zero-order chi connectivity index (χ0) is 17.9. The lowest BCUT2D eigenvalue weighted by atomic mass is 10.1. The maximum Gasteiger partial charge on any atom is 0.214 e. The summed E-state index contributed by atoms with van der Waals surface area (Å²) in [5.41, 5.74) is 0. The average molecular weight is 381 g/mol. The first-order valence-corrected chi connectivity index (χ1v) is 11.9. The number of fused-ring (bicyclic) bond motifs is 1. The van der Waals surface area contributed by atoms with Crippen molar-refractivity contribution < 1.29 is 13.2 Å². The van der Waals surface area contributed by atoms with Gasteiger partial charge in [0, 0.05) is 21.7 Å². The molecule has 0 aliphatic carbocycles. The maximum absolute atomic E-state index is 12.4. The Morgan fingerprint density at radius 1 is 1.08 bits per heavy atom. The van der Waals surface area contributed by atoms with Crippen LogP contribution in [0.1, 0.15) is 19.8 Å². The van der Waals surface area contributed by atoms with Crippen molar-refractivity contribution in [2.75, 3.05) is 37.5 Å². The van der Waals surface area contributed by atoms with Crippen molar-refractivity contribution in [3.8, 4) is 5.75 Å². The van der Waals surface area contributed by atoms with Gasteiger partial charge in [-0.3, -0.25) is 0 Å². The molecule has 1 saturated heterocycles. The molecule has 1 aliphatic rings.